The molecule has 5 unspecified atom stereocenters. The van der Waals surface area contributed by atoms with Crippen LogP contribution in [0, 0.1) is 10.8 Å². The van der Waals surface area contributed by atoms with Crippen molar-refractivity contribution in [1.82, 2.24) is 58.5 Å². The minimum absolute atomic E-state index is 0.0137. The molecule has 27 N–H and O–H groups in total. The molecule has 32 nitrogen and oxygen atoms in total. The van der Waals surface area contributed by atoms with Gasteiger partial charge in [0.15, 0.2) is 11.9 Å². The van der Waals surface area contributed by atoms with Gasteiger partial charge in [-0.2, -0.15) is 11.8 Å². The summed E-state index contributed by atoms with van der Waals surface area (Å²) < 4.78 is 0. The third-order valence-corrected chi connectivity index (χ3v) is 14.7. The molecule has 0 radical (unpaired) electrons. The Balaban J connectivity index is 2.45. The lowest BCUT2D eigenvalue weighted by molar-refractivity contribution is -0.142. The molecule has 506 valence electrons. The lowest BCUT2D eigenvalue weighted by atomic mass is 10.0. The van der Waals surface area contributed by atoms with E-state index in [1.807, 2.05) is 0 Å². The zero-order chi connectivity index (χ0) is 68.0. The summed E-state index contributed by atoms with van der Waals surface area (Å²) in [5.41, 5.74) is 34.7. The molecule has 91 heavy (non-hydrogen) atoms. The number of amides is 10. The van der Waals surface area contributed by atoms with Gasteiger partial charge in [0.2, 0.25) is 59.1 Å². The second kappa shape index (κ2) is 43.0. The zero-order valence-electron chi connectivity index (χ0n) is 51.9. The molecule has 10 atom stereocenters. The molecule has 0 saturated heterocycles. The van der Waals surface area contributed by atoms with Gasteiger partial charge in [-0.15, -0.1) is 0 Å². The number of carbonyl (C=O) groups is 11. The van der Waals surface area contributed by atoms with Crippen molar-refractivity contribution in [3.05, 3.63) is 65.7 Å². The quantitative estimate of drug-likeness (QED) is 0.0170. The Hall–Kier alpha value is -8.82. The molecule has 0 saturated carbocycles. The van der Waals surface area contributed by atoms with Crippen molar-refractivity contribution in [2.45, 2.75) is 171 Å². The highest BCUT2D eigenvalue weighted by Gasteiger charge is 2.35. The summed E-state index contributed by atoms with van der Waals surface area (Å²) in [7, 11) is 0. The van der Waals surface area contributed by atoms with Gasteiger partial charge >= 0.3 is 5.97 Å². The number of hydrogen-bond donors (Lipinski definition) is 21. The SMILES string of the molecule is CSCC[C@H](NC(=O)C(C)NC(=O)[C@H](CCCNC(=N)N)NC(=O)C(Cc1ccc(O)cc1)NC(=O)[C@@H](N)CCCCN)C(=O)NC(Cc1ccccc1)C(=O)N[C@@H](CCCNC(=N)N)C(=O)NC(C)C(=O)N[C@@H](CCC(N)=O)C(=O)NC(CCCCN)C(=O)O. The number of rotatable bonds is 45. The van der Waals surface area contributed by atoms with Gasteiger partial charge in [-0.3, -0.25) is 58.8 Å². The van der Waals surface area contributed by atoms with Crippen LogP contribution >= 0.6 is 11.8 Å². The molecule has 0 heterocycles. The molecule has 33 heteroatoms. The van der Waals surface area contributed by atoms with E-state index < -0.39 is 125 Å². The molecule has 0 aliphatic carbocycles. The Morgan fingerprint density at radius 1 is 0.462 bits per heavy atom. The molecule has 10 amide bonds. The summed E-state index contributed by atoms with van der Waals surface area (Å²) in [5, 5.41) is 63.3. The van der Waals surface area contributed by atoms with Crippen LogP contribution in [0.25, 0.3) is 0 Å². The Morgan fingerprint density at radius 3 is 1.27 bits per heavy atom. The predicted octanol–water partition coefficient (Wildman–Crippen LogP) is -4.20. The second-order valence-corrected chi connectivity index (χ2v) is 22.7. The number of carboxylic acid groups (broad SMARTS) is 1. The van der Waals surface area contributed by atoms with Gasteiger partial charge in [0.1, 0.15) is 60.1 Å². The number of carboxylic acids is 1. The molecule has 0 aromatic heterocycles. The molecule has 2 rings (SSSR count). The maximum atomic E-state index is 14.5. The molecule has 2 aromatic rings. The monoisotopic (exact) mass is 1300 g/mol. The average molecular weight is 1300 g/mol. The fourth-order valence-corrected chi connectivity index (χ4v) is 9.37. The van der Waals surface area contributed by atoms with Crippen LogP contribution < -0.4 is 92.9 Å². The van der Waals surface area contributed by atoms with E-state index in [4.69, 9.17) is 45.2 Å². The number of unbranched alkanes of at least 4 members (excludes halogenated alkanes) is 2. The van der Waals surface area contributed by atoms with Crippen molar-refractivity contribution in [3.8, 4) is 5.75 Å². The molecule has 0 aliphatic rings. The molecule has 0 spiro atoms. The van der Waals surface area contributed by atoms with Gasteiger partial charge < -0.3 is 103 Å². The van der Waals surface area contributed by atoms with E-state index in [1.165, 1.54) is 37.7 Å². The first-order valence-electron chi connectivity index (χ1n) is 30.1. The average Bonchev–Trinajstić information content (AvgIpc) is 2.89. The Bertz CT molecular complexity index is 2720. The molecule has 0 fully saturated rings. The van der Waals surface area contributed by atoms with Crippen LogP contribution in [0.5, 0.6) is 5.75 Å². The number of thioether (sulfide) groups is 1. The topological polar surface area (TPSA) is 564 Å². The largest absolute Gasteiger partial charge is 0.508 e. The van der Waals surface area contributed by atoms with E-state index in [2.05, 4.69) is 58.5 Å². The van der Waals surface area contributed by atoms with Gasteiger partial charge in [0.05, 0.1) is 6.04 Å². The van der Waals surface area contributed by atoms with Gasteiger partial charge in [0, 0.05) is 32.4 Å². The maximum Gasteiger partial charge on any atom is 0.326 e. The lowest BCUT2D eigenvalue weighted by Gasteiger charge is -2.27. The first kappa shape index (κ1) is 78.3. The van der Waals surface area contributed by atoms with E-state index in [1.54, 1.807) is 48.7 Å². The smallest absolute Gasteiger partial charge is 0.326 e. The third kappa shape index (κ3) is 32.0. The third-order valence-electron chi connectivity index (χ3n) is 14.1. The van der Waals surface area contributed by atoms with Crippen LogP contribution in [0.15, 0.2) is 54.6 Å². The Labute approximate surface area is 533 Å². The molecule has 0 aliphatic heterocycles. The van der Waals surface area contributed by atoms with Crippen LogP contribution in [-0.2, 0) is 65.6 Å². The first-order valence-corrected chi connectivity index (χ1v) is 31.5. The van der Waals surface area contributed by atoms with Gasteiger partial charge in [-0.05, 0) is 133 Å². The summed E-state index contributed by atoms with van der Waals surface area (Å²) in [6, 6.07) is 0.946. The Morgan fingerprint density at radius 2 is 0.835 bits per heavy atom. The highest BCUT2D eigenvalue weighted by Crippen LogP contribution is 2.14. The van der Waals surface area contributed by atoms with Crippen LogP contribution in [0.1, 0.15) is 108 Å². The minimum Gasteiger partial charge on any atom is -0.508 e. The van der Waals surface area contributed by atoms with Crippen LogP contribution in [0.3, 0.4) is 0 Å². The fourth-order valence-electron chi connectivity index (χ4n) is 8.90. The summed E-state index contributed by atoms with van der Waals surface area (Å²) >= 11 is 1.34. The lowest BCUT2D eigenvalue weighted by Crippen LogP contribution is -2.60. The van der Waals surface area contributed by atoms with Crippen molar-refractivity contribution >= 4 is 88.7 Å². The minimum atomic E-state index is -1.48. The molecular weight excluding hydrogens is 1200 g/mol. The number of carbonyl (C=O) groups excluding carboxylic acids is 10. The predicted molar refractivity (Wildman–Crippen MR) is 342 cm³/mol. The van der Waals surface area contributed by atoms with E-state index in [0.29, 0.717) is 49.1 Å². The maximum absolute atomic E-state index is 14.5. The van der Waals surface area contributed by atoms with Crippen molar-refractivity contribution in [2.24, 2.45) is 34.4 Å². The van der Waals surface area contributed by atoms with Crippen LogP contribution in [-0.4, -0.2) is 186 Å². The van der Waals surface area contributed by atoms with Crippen LogP contribution in [0.2, 0.25) is 0 Å². The first-order chi connectivity index (χ1) is 43.2. The highest BCUT2D eigenvalue weighted by molar-refractivity contribution is 7.98. The summed E-state index contributed by atoms with van der Waals surface area (Å²) in [4.78, 5) is 150. The zero-order valence-corrected chi connectivity index (χ0v) is 52.7. The van der Waals surface area contributed by atoms with Gasteiger partial charge in [-0.1, -0.05) is 48.9 Å². The second-order valence-electron chi connectivity index (χ2n) is 21.7. The van der Waals surface area contributed by atoms with Crippen molar-refractivity contribution in [2.75, 3.05) is 38.2 Å². The van der Waals surface area contributed by atoms with E-state index in [9.17, 15) is 63.0 Å². The summed E-state index contributed by atoms with van der Waals surface area (Å²) in [6.45, 7) is 3.45. The fraction of sp³-hybridized carbons (Fsp3) is 0.569. The van der Waals surface area contributed by atoms with Gasteiger partial charge in [0.25, 0.3) is 0 Å². The molecule has 2 aromatic carbocycles. The molecule has 0 bridgehead atoms. The Kier molecular flexibility index (Phi) is 37.0. The summed E-state index contributed by atoms with van der Waals surface area (Å²) in [5.74, 6) is -10.2. The normalized spacial score (nSPS) is 14.2. The van der Waals surface area contributed by atoms with E-state index in [-0.39, 0.29) is 108 Å². The number of phenolic OH excluding ortho intramolecular Hbond substituents is 1. The van der Waals surface area contributed by atoms with Gasteiger partial charge in [-0.25, -0.2) is 4.79 Å². The molecular formula is C58H95N19O13S. The van der Waals surface area contributed by atoms with Crippen LogP contribution in [0.4, 0.5) is 0 Å². The van der Waals surface area contributed by atoms with Crippen molar-refractivity contribution in [3.63, 3.8) is 0 Å². The summed E-state index contributed by atoms with van der Waals surface area (Å²) in [6.07, 6.45) is 3.23. The number of nitrogens with one attached hydrogen (secondary N) is 13. The number of guanidine groups is 2. The number of aliphatic carboxylic acids is 1. The van der Waals surface area contributed by atoms with Crippen molar-refractivity contribution < 1.29 is 63.0 Å². The standard InChI is InChI=1S/C58H95N19O13S/c1-33(47(80)71-41(23-24-46(62)79)52(85)75-43(56(89)90)16-8-10-27-60)69-51(84)40(18-12-29-68-58(65)66)74-55(88)45(31-35-13-5-4-6-14-35)77-53(86)42(25-30-91-3)72-48(81)34(2)70-50(83)39(17-11-28-67-57(63)64)73-54(87)44(32-36-19-21-37(78)22-20-36)76-49(82)38(61)15-7-9-26-59/h4-6,13-14,19-22,33-34,38-45,78H,7-12,15-18,23-32,59-61H2,1-3H3,(H2,62,79)(H,69,84)(H,70,83)(H,71,80)(H,72,81)(H,73,87)(H,74,88)(H,75,85)(H,76,82)(H,77,86)(H,89,90)(H4,63,64,67)(H4,65,66,68)/t33?,34?,38-,39-,40-,41-,42-,43?,44?,45?/m0/s1. The number of nitrogens with two attached hydrogens (primary N) is 6. The highest BCUT2D eigenvalue weighted by atomic mass is 32.2. The van der Waals surface area contributed by atoms with E-state index >= 15 is 0 Å². The van der Waals surface area contributed by atoms with E-state index in [0.717, 1.165) is 0 Å². The number of primary amides is 1. The van der Waals surface area contributed by atoms with Crippen molar-refractivity contribution in [1.29, 1.82) is 10.8 Å². The number of aromatic hydroxyl groups is 1. The number of hydrogen-bond acceptors (Lipinski definition) is 18. The number of benzene rings is 2. The number of phenols is 1.